The molecule has 110 valence electrons. The highest BCUT2D eigenvalue weighted by Gasteiger charge is 2.18. The van der Waals surface area contributed by atoms with Crippen molar-refractivity contribution in [2.75, 3.05) is 12.9 Å². The van der Waals surface area contributed by atoms with Gasteiger partial charge in [0.05, 0.1) is 18.0 Å². The lowest BCUT2D eigenvalue weighted by Gasteiger charge is -2.06. The number of hydrogen-bond donors (Lipinski definition) is 0. The van der Waals surface area contributed by atoms with E-state index in [1.807, 2.05) is 13.2 Å². The Hall–Kier alpha value is -2.15. The zero-order valence-electron chi connectivity index (χ0n) is 12.2. The Labute approximate surface area is 127 Å². The molecule has 2 aromatic heterocycles. The summed E-state index contributed by atoms with van der Waals surface area (Å²) in [5, 5.41) is 4.89. The van der Waals surface area contributed by atoms with E-state index in [2.05, 4.69) is 21.6 Å². The summed E-state index contributed by atoms with van der Waals surface area (Å²) in [6.45, 7) is 7.74. The third-order valence-corrected chi connectivity index (χ3v) is 3.20. The molecule has 0 saturated heterocycles. The maximum absolute atomic E-state index is 11.8. The summed E-state index contributed by atoms with van der Waals surface area (Å²) in [4.78, 5) is 20.4. The second-order valence-electron chi connectivity index (χ2n) is 4.21. The number of nitrogens with zero attached hydrogens (tertiary/aromatic N) is 4. The van der Waals surface area contributed by atoms with E-state index in [1.165, 1.54) is 11.8 Å². The molecule has 7 heteroatoms. The number of rotatable bonds is 5. The van der Waals surface area contributed by atoms with Gasteiger partial charge in [0.25, 0.3) is 0 Å². The Morgan fingerprint density at radius 2 is 2.29 bits per heavy atom. The van der Waals surface area contributed by atoms with Crippen molar-refractivity contribution in [2.45, 2.75) is 19.0 Å². The molecule has 2 heterocycles. The molecule has 0 unspecified atom stereocenters. The minimum atomic E-state index is -0.460. The number of allylic oxidation sites excluding steroid dienone is 1. The van der Waals surface area contributed by atoms with Gasteiger partial charge in [-0.05, 0) is 26.2 Å². The molecule has 0 atom stereocenters. The first-order valence-corrected chi connectivity index (χ1v) is 7.59. The normalized spacial score (nSPS) is 10.4. The molecule has 0 spiro atoms. The van der Waals surface area contributed by atoms with Gasteiger partial charge in [0.15, 0.2) is 10.9 Å². The fourth-order valence-corrected chi connectivity index (χ4v) is 2.10. The van der Waals surface area contributed by atoms with Gasteiger partial charge >= 0.3 is 5.97 Å². The summed E-state index contributed by atoms with van der Waals surface area (Å²) < 4.78 is 6.56. The first-order valence-electron chi connectivity index (χ1n) is 6.37. The van der Waals surface area contributed by atoms with Crippen LogP contribution >= 0.6 is 11.8 Å². The molecule has 0 radical (unpaired) electrons. The second-order valence-corrected chi connectivity index (χ2v) is 4.98. The number of thioether (sulfide) groups is 1. The number of hydrogen-bond acceptors (Lipinski definition) is 6. The van der Waals surface area contributed by atoms with E-state index in [1.54, 1.807) is 29.9 Å². The molecule has 2 rings (SSSR count). The summed E-state index contributed by atoms with van der Waals surface area (Å²) in [5.41, 5.74) is 2.28. The Bertz CT molecular complexity index is 681. The van der Waals surface area contributed by atoms with E-state index in [4.69, 9.17) is 4.74 Å². The van der Waals surface area contributed by atoms with Gasteiger partial charge in [-0.15, -0.1) is 0 Å². The first kappa shape index (κ1) is 15.2. The van der Waals surface area contributed by atoms with Crippen molar-refractivity contribution in [2.24, 2.45) is 0 Å². The smallest absolute Gasteiger partial charge is 0.358 e. The Kier molecular flexibility index (Phi) is 4.74. The van der Waals surface area contributed by atoms with Gasteiger partial charge in [-0.1, -0.05) is 18.3 Å². The molecular weight excluding hydrogens is 288 g/mol. The third-order valence-electron chi connectivity index (χ3n) is 2.63. The Morgan fingerprint density at radius 3 is 2.90 bits per heavy atom. The van der Waals surface area contributed by atoms with Crippen molar-refractivity contribution in [1.82, 2.24) is 19.7 Å². The molecular formula is C14H16N4O2S. The average molecular weight is 304 g/mol. The van der Waals surface area contributed by atoms with E-state index in [0.29, 0.717) is 28.8 Å². The standard InChI is InChI=1S/C14H16N4O2S/c1-5-20-13(19)11-8-12(18(17-11)9(2)3)10-6-7-15-14(16-10)21-4/h6-8H,2,5H2,1,3-4H3. The summed E-state index contributed by atoms with van der Waals surface area (Å²) >= 11 is 1.45. The van der Waals surface area contributed by atoms with Crippen molar-refractivity contribution < 1.29 is 9.53 Å². The van der Waals surface area contributed by atoms with Crippen LogP contribution in [0.5, 0.6) is 0 Å². The van der Waals surface area contributed by atoms with Crippen LogP contribution < -0.4 is 0 Å². The zero-order valence-corrected chi connectivity index (χ0v) is 13.0. The largest absolute Gasteiger partial charge is 0.461 e. The summed E-state index contributed by atoms with van der Waals surface area (Å²) in [7, 11) is 0. The Balaban J connectivity index is 2.50. The zero-order chi connectivity index (χ0) is 15.4. The molecule has 21 heavy (non-hydrogen) atoms. The van der Waals surface area contributed by atoms with E-state index >= 15 is 0 Å². The van der Waals surface area contributed by atoms with Gasteiger partial charge in [0.2, 0.25) is 0 Å². The van der Waals surface area contributed by atoms with Crippen LogP contribution in [0.3, 0.4) is 0 Å². The monoisotopic (exact) mass is 304 g/mol. The molecule has 0 aliphatic carbocycles. The number of ether oxygens (including phenoxy) is 1. The molecule has 0 aromatic carbocycles. The first-order chi connectivity index (χ1) is 10.1. The average Bonchev–Trinajstić information content (AvgIpc) is 2.93. The van der Waals surface area contributed by atoms with Crippen LogP contribution in [0.25, 0.3) is 17.1 Å². The molecule has 0 saturated carbocycles. The number of esters is 1. The molecule has 2 aromatic rings. The van der Waals surface area contributed by atoms with Gasteiger partial charge in [-0.25, -0.2) is 19.4 Å². The lowest BCUT2D eigenvalue weighted by atomic mass is 10.2. The number of carbonyl (C=O) groups is 1. The van der Waals surface area contributed by atoms with E-state index in [9.17, 15) is 4.79 Å². The van der Waals surface area contributed by atoms with Gasteiger partial charge in [0.1, 0.15) is 0 Å². The predicted octanol–water partition coefficient (Wildman–Crippen LogP) is 2.73. The van der Waals surface area contributed by atoms with Crippen molar-refractivity contribution in [3.8, 4) is 11.4 Å². The Morgan fingerprint density at radius 1 is 1.52 bits per heavy atom. The predicted molar refractivity (Wildman–Crippen MR) is 82.0 cm³/mol. The number of carbonyl (C=O) groups excluding carboxylic acids is 1. The molecule has 0 amide bonds. The molecule has 0 aliphatic heterocycles. The molecule has 6 nitrogen and oxygen atoms in total. The maximum atomic E-state index is 11.8. The van der Waals surface area contributed by atoms with Crippen LogP contribution in [0.2, 0.25) is 0 Å². The van der Waals surface area contributed by atoms with Crippen molar-refractivity contribution >= 4 is 23.4 Å². The molecule has 0 aliphatic rings. The fourth-order valence-electron chi connectivity index (χ4n) is 1.74. The van der Waals surface area contributed by atoms with Gasteiger partial charge in [-0.3, -0.25) is 0 Å². The fraction of sp³-hybridized carbons (Fsp3) is 0.286. The second kappa shape index (κ2) is 6.53. The minimum Gasteiger partial charge on any atom is -0.461 e. The number of aromatic nitrogens is 4. The van der Waals surface area contributed by atoms with Crippen LogP contribution in [0.15, 0.2) is 30.1 Å². The van der Waals surface area contributed by atoms with E-state index in [-0.39, 0.29) is 5.69 Å². The van der Waals surface area contributed by atoms with Crippen molar-refractivity contribution in [1.29, 1.82) is 0 Å². The lowest BCUT2D eigenvalue weighted by Crippen LogP contribution is -2.06. The highest BCUT2D eigenvalue weighted by atomic mass is 32.2. The van der Waals surface area contributed by atoms with Gasteiger partial charge in [0, 0.05) is 18.0 Å². The van der Waals surface area contributed by atoms with Crippen molar-refractivity contribution in [3.63, 3.8) is 0 Å². The third kappa shape index (κ3) is 3.30. The highest BCUT2D eigenvalue weighted by molar-refractivity contribution is 7.98. The molecule has 0 bridgehead atoms. The van der Waals surface area contributed by atoms with Crippen molar-refractivity contribution in [3.05, 3.63) is 30.6 Å². The quantitative estimate of drug-likeness (QED) is 0.480. The van der Waals surface area contributed by atoms with Gasteiger partial charge < -0.3 is 4.74 Å². The van der Waals surface area contributed by atoms with Crippen LogP contribution in [0, 0.1) is 0 Å². The van der Waals surface area contributed by atoms with Crippen LogP contribution in [-0.2, 0) is 4.74 Å². The topological polar surface area (TPSA) is 69.9 Å². The maximum Gasteiger partial charge on any atom is 0.358 e. The SMILES string of the molecule is C=C(C)n1nc(C(=O)OCC)cc1-c1ccnc(SC)n1. The molecule has 0 fully saturated rings. The van der Waals surface area contributed by atoms with Gasteiger partial charge in [-0.2, -0.15) is 5.10 Å². The highest BCUT2D eigenvalue weighted by Crippen LogP contribution is 2.23. The summed E-state index contributed by atoms with van der Waals surface area (Å²) in [6, 6.07) is 3.42. The van der Waals surface area contributed by atoms with Crippen LogP contribution in [-0.4, -0.2) is 38.6 Å². The summed E-state index contributed by atoms with van der Waals surface area (Å²) in [6.07, 6.45) is 3.58. The van der Waals surface area contributed by atoms with Crippen LogP contribution in [0.4, 0.5) is 0 Å². The minimum absolute atomic E-state index is 0.235. The summed E-state index contributed by atoms with van der Waals surface area (Å²) in [5.74, 6) is -0.460. The molecule has 0 N–H and O–H groups in total. The van der Waals surface area contributed by atoms with E-state index < -0.39 is 5.97 Å². The van der Waals surface area contributed by atoms with E-state index in [0.717, 1.165) is 0 Å². The lowest BCUT2D eigenvalue weighted by molar-refractivity contribution is 0.0519. The van der Waals surface area contributed by atoms with Crippen LogP contribution in [0.1, 0.15) is 24.3 Å².